The van der Waals surface area contributed by atoms with Crippen molar-refractivity contribution in [2.75, 3.05) is 13.1 Å². The topological polar surface area (TPSA) is 49.4 Å². The van der Waals surface area contributed by atoms with Crippen molar-refractivity contribution in [2.45, 2.75) is 76.7 Å². The molecular weight excluding hydrogens is 396 g/mol. The van der Waals surface area contributed by atoms with Crippen molar-refractivity contribution in [3.05, 3.63) is 70.8 Å². The highest BCUT2D eigenvalue weighted by atomic mass is 16.2. The van der Waals surface area contributed by atoms with Crippen molar-refractivity contribution in [3.8, 4) is 0 Å². The molecule has 4 heteroatoms. The van der Waals surface area contributed by atoms with Gasteiger partial charge >= 0.3 is 0 Å². The minimum Gasteiger partial charge on any atom is -0.349 e. The Balaban J connectivity index is 1.41. The first kappa shape index (κ1) is 22.6. The van der Waals surface area contributed by atoms with Crippen LogP contribution in [0.3, 0.4) is 0 Å². The first-order chi connectivity index (χ1) is 15.6. The molecule has 1 heterocycles. The summed E-state index contributed by atoms with van der Waals surface area (Å²) in [7, 11) is 0. The number of hydrogen-bond donors (Lipinski definition) is 1. The first-order valence-corrected chi connectivity index (χ1v) is 12.4. The number of benzene rings is 2. The fourth-order valence-corrected chi connectivity index (χ4v) is 5.13. The molecule has 0 bridgehead atoms. The minimum absolute atomic E-state index is 0.0403. The SMILES string of the molecule is CCc1ccc(C(=O)N2CCC[C@H](c3cccc(C(=O)NC4CCCCCC4)c3)C2)cc1. The maximum absolute atomic E-state index is 13.1. The Morgan fingerprint density at radius 3 is 2.38 bits per heavy atom. The van der Waals surface area contributed by atoms with Gasteiger partial charge in [-0.2, -0.15) is 0 Å². The summed E-state index contributed by atoms with van der Waals surface area (Å²) in [4.78, 5) is 27.9. The van der Waals surface area contributed by atoms with E-state index in [0.29, 0.717) is 12.6 Å². The van der Waals surface area contributed by atoms with Crippen molar-refractivity contribution >= 4 is 11.8 Å². The molecule has 1 saturated carbocycles. The second-order valence-electron chi connectivity index (χ2n) is 9.43. The molecule has 2 fully saturated rings. The maximum atomic E-state index is 13.1. The van der Waals surface area contributed by atoms with Crippen LogP contribution in [-0.4, -0.2) is 35.8 Å². The van der Waals surface area contributed by atoms with Gasteiger partial charge in [0, 0.05) is 36.2 Å². The second kappa shape index (κ2) is 10.8. The van der Waals surface area contributed by atoms with E-state index in [-0.39, 0.29) is 17.7 Å². The van der Waals surface area contributed by atoms with Crippen molar-refractivity contribution in [1.29, 1.82) is 0 Å². The third kappa shape index (κ3) is 5.59. The molecule has 2 aliphatic rings. The lowest BCUT2D eigenvalue weighted by Crippen LogP contribution is -2.39. The van der Waals surface area contributed by atoms with E-state index in [1.807, 2.05) is 47.4 Å². The van der Waals surface area contributed by atoms with Gasteiger partial charge in [0.2, 0.25) is 0 Å². The molecule has 2 aromatic rings. The fourth-order valence-electron chi connectivity index (χ4n) is 5.13. The number of hydrogen-bond acceptors (Lipinski definition) is 2. The van der Waals surface area contributed by atoms with Crippen molar-refractivity contribution in [1.82, 2.24) is 10.2 Å². The molecule has 4 nitrogen and oxygen atoms in total. The Morgan fingerprint density at radius 1 is 0.906 bits per heavy atom. The van der Waals surface area contributed by atoms with Gasteiger partial charge in [-0.25, -0.2) is 0 Å². The summed E-state index contributed by atoms with van der Waals surface area (Å²) in [6.07, 6.45) is 10.2. The van der Waals surface area contributed by atoms with Crippen LogP contribution in [0.25, 0.3) is 0 Å². The highest BCUT2D eigenvalue weighted by Gasteiger charge is 2.26. The Morgan fingerprint density at radius 2 is 1.66 bits per heavy atom. The van der Waals surface area contributed by atoms with Gasteiger partial charge in [-0.3, -0.25) is 9.59 Å². The van der Waals surface area contributed by atoms with Gasteiger partial charge < -0.3 is 10.2 Å². The minimum atomic E-state index is 0.0403. The van der Waals surface area contributed by atoms with Crippen LogP contribution in [0.15, 0.2) is 48.5 Å². The Hall–Kier alpha value is -2.62. The molecule has 1 atom stereocenters. The third-order valence-electron chi connectivity index (χ3n) is 7.13. The molecule has 0 aromatic heterocycles. The number of aryl methyl sites for hydroxylation is 1. The number of carbonyl (C=O) groups is 2. The van der Waals surface area contributed by atoms with Gasteiger partial charge in [-0.05, 0) is 67.5 Å². The Kier molecular flexibility index (Phi) is 7.62. The summed E-state index contributed by atoms with van der Waals surface area (Å²) in [6, 6.07) is 16.3. The highest BCUT2D eigenvalue weighted by molar-refractivity contribution is 5.95. The van der Waals surface area contributed by atoms with E-state index < -0.39 is 0 Å². The largest absolute Gasteiger partial charge is 0.349 e. The predicted molar refractivity (Wildman–Crippen MR) is 129 cm³/mol. The first-order valence-electron chi connectivity index (χ1n) is 12.4. The van der Waals surface area contributed by atoms with Crippen LogP contribution in [0.1, 0.15) is 96.1 Å². The van der Waals surface area contributed by atoms with Crippen LogP contribution in [0, 0.1) is 0 Å². The van der Waals surface area contributed by atoms with Gasteiger partial charge in [0.1, 0.15) is 0 Å². The molecule has 4 rings (SSSR count). The average Bonchev–Trinajstić information content (AvgIpc) is 3.12. The zero-order valence-corrected chi connectivity index (χ0v) is 19.3. The van der Waals surface area contributed by atoms with Crippen LogP contribution < -0.4 is 5.32 Å². The quantitative estimate of drug-likeness (QED) is 0.614. The van der Waals surface area contributed by atoms with E-state index in [4.69, 9.17) is 0 Å². The van der Waals surface area contributed by atoms with Gasteiger partial charge in [0.05, 0.1) is 0 Å². The molecule has 1 aliphatic heterocycles. The van der Waals surface area contributed by atoms with E-state index >= 15 is 0 Å². The third-order valence-corrected chi connectivity index (χ3v) is 7.13. The van der Waals surface area contributed by atoms with E-state index in [9.17, 15) is 9.59 Å². The normalized spacial score (nSPS) is 19.9. The molecule has 0 radical (unpaired) electrons. The molecule has 2 amide bonds. The molecule has 32 heavy (non-hydrogen) atoms. The van der Waals surface area contributed by atoms with Crippen LogP contribution in [-0.2, 0) is 6.42 Å². The summed E-state index contributed by atoms with van der Waals surface area (Å²) < 4.78 is 0. The van der Waals surface area contributed by atoms with Crippen LogP contribution in [0.2, 0.25) is 0 Å². The van der Waals surface area contributed by atoms with Gasteiger partial charge in [0.15, 0.2) is 0 Å². The molecule has 170 valence electrons. The summed E-state index contributed by atoms with van der Waals surface area (Å²) in [5.41, 5.74) is 3.92. The number of carbonyl (C=O) groups excluding carboxylic acids is 2. The lowest BCUT2D eigenvalue weighted by atomic mass is 9.89. The second-order valence-corrected chi connectivity index (χ2v) is 9.43. The number of rotatable bonds is 5. The molecular formula is C28H36N2O2. The molecule has 2 aromatic carbocycles. The zero-order valence-electron chi connectivity index (χ0n) is 19.3. The molecule has 0 unspecified atom stereocenters. The lowest BCUT2D eigenvalue weighted by Gasteiger charge is -2.33. The van der Waals surface area contributed by atoms with Crippen LogP contribution in [0.5, 0.6) is 0 Å². The van der Waals surface area contributed by atoms with Crippen LogP contribution in [0.4, 0.5) is 0 Å². The number of nitrogens with zero attached hydrogens (tertiary/aromatic N) is 1. The predicted octanol–water partition coefficient (Wildman–Crippen LogP) is 5.72. The van der Waals surface area contributed by atoms with E-state index in [2.05, 4.69) is 18.3 Å². The van der Waals surface area contributed by atoms with Crippen molar-refractivity contribution in [3.63, 3.8) is 0 Å². The Labute approximate surface area is 192 Å². The number of piperidine rings is 1. The smallest absolute Gasteiger partial charge is 0.253 e. The number of amides is 2. The molecule has 1 N–H and O–H groups in total. The highest BCUT2D eigenvalue weighted by Crippen LogP contribution is 2.28. The monoisotopic (exact) mass is 432 g/mol. The fraction of sp³-hybridized carbons (Fsp3) is 0.500. The summed E-state index contributed by atoms with van der Waals surface area (Å²) in [5.74, 6) is 0.423. The number of likely N-dealkylation sites (tertiary alicyclic amines) is 1. The van der Waals surface area contributed by atoms with Gasteiger partial charge in [0.25, 0.3) is 11.8 Å². The summed E-state index contributed by atoms with van der Waals surface area (Å²) >= 11 is 0. The lowest BCUT2D eigenvalue weighted by molar-refractivity contribution is 0.0706. The number of nitrogens with one attached hydrogen (secondary N) is 1. The van der Waals surface area contributed by atoms with Crippen LogP contribution >= 0.6 is 0 Å². The van der Waals surface area contributed by atoms with Crippen molar-refractivity contribution < 1.29 is 9.59 Å². The van der Waals surface area contributed by atoms with Gasteiger partial charge in [-0.15, -0.1) is 0 Å². The Bertz CT molecular complexity index is 913. The maximum Gasteiger partial charge on any atom is 0.253 e. The molecule has 1 aliphatic carbocycles. The van der Waals surface area contributed by atoms with Crippen molar-refractivity contribution in [2.24, 2.45) is 0 Å². The van der Waals surface area contributed by atoms with E-state index in [1.54, 1.807) is 0 Å². The molecule has 0 spiro atoms. The van der Waals surface area contributed by atoms with E-state index in [0.717, 1.165) is 55.3 Å². The zero-order chi connectivity index (χ0) is 22.3. The summed E-state index contributed by atoms with van der Waals surface area (Å²) in [5, 5.41) is 3.26. The summed E-state index contributed by atoms with van der Waals surface area (Å²) in [6.45, 7) is 3.63. The van der Waals surface area contributed by atoms with Gasteiger partial charge in [-0.1, -0.05) is 56.9 Å². The standard InChI is InChI=1S/C28H36N2O2/c1-2-21-14-16-22(17-15-21)28(32)30-18-8-11-25(20-30)23-9-7-10-24(19-23)27(31)29-26-12-5-3-4-6-13-26/h7,9-10,14-17,19,25-26H,2-6,8,11-13,18,20H2,1H3,(H,29,31)/t25-/m0/s1. The molecule has 1 saturated heterocycles. The average molecular weight is 433 g/mol. The van der Waals surface area contributed by atoms with E-state index in [1.165, 1.54) is 31.2 Å².